The van der Waals surface area contributed by atoms with E-state index < -0.39 is 11.6 Å². The zero-order chi connectivity index (χ0) is 14.9. The lowest BCUT2D eigenvalue weighted by atomic mass is 9.92. The minimum absolute atomic E-state index is 0.101. The Hall–Kier alpha value is -0.580. The van der Waals surface area contributed by atoms with Crippen LogP contribution in [0.1, 0.15) is 20.3 Å². The summed E-state index contributed by atoms with van der Waals surface area (Å²) in [6.45, 7) is 5.73. The summed E-state index contributed by atoms with van der Waals surface area (Å²) in [5.41, 5.74) is 0. The van der Waals surface area contributed by atoms with Crippen LogP contribution < -0.4 is 10.1 Å². The molecule has 0 amide bonds. The highest BCUT2D eigenvalue weighted by Crippen LogP contribution is 2.39. The quantitative estimate of drug-likeness (QED) is 0.835. The highest BCUT2D eigenvalue weighted by atomic mass is 35.5. The first-order chi connectivity index (χ1) is 9.41. The van der Waals surface area contributed by atoms with Gasteiger partial charge >= 0.3 is 0 Å². The van der Waals surface area contributed by atoms with Crippen molar-refractivity contribution >= 4 is 23.2 Å². The van der Waals surface area contributed by atoms with Gasteiger partial charge in [0.05, 0.1) is 0 Å². The van der Waals surface area contributed by atoms with Crippen LogP contribution in [-0.2, 0) is 0 Å². The van der Waals surface area contributed by atoms with E-state index in [0.29, 0.717) is 6.07 Å². The molecule has 1 fully saturated rings. The van der Waals surface area contributed by atoms with E-state index in [2.05, 4.69) is 5.32 Å². The minimum Gasteiger partial charge on any atom is -0.486 e. The van der Waals surface area contributed by atoms with Gasteiger partial charge in [0.15, 0.2) is 5.75 Å². The molecule has 1 aliphatic rings. The SMILES string of the molecule is CC(C)[C@H](Oc1c(Cl)c(F)cc(F)c1Cl)C1CCNC1. The zero-order valence-electron chi connectivity index (χ0n) is 11.4. The Bertz CT molecular complexity index is 464. The third-order valence-electron chi connectivity index (χ3n) is 3.55. The lowest BCUT2D eigenvalue weighted by Crippen LogP contribution is -2.33. The summed E-state index contributed by atoms with van der Waals surface area (Å²) in [5, 5.41) is 2.71. The normalized spacial score (nSPS) is 20.4. The van der Waals surface area contributed by atoms with E-state index in [4.69, 9.17) is 27.9 Å². The lowest BCUT2D eigenvalue weighted by Gasteiger charge is -2.28. The fourth-order valence-corrected chi connectivity index (χ4v) is 2.96. The second kappa shape index (κ2) is 6.46. The monoisotopic (exact) mass is 323 g/mol. The van der Waals surface area contributed by atoms with Crippen LogP contribution in [0.25, 0.3) is 0 Å². The molecule has 0 saturated carbocycles. The number of halogens is 4. The van der Waals surface area contributed by atoms with Gasteiger partial charge in [-0.15, -0.1) is 0 Å². The van der Waals surface area contributed by atoms with Crippen LogP contribution >= 0.6 is 23.2 Å². The Kier molecular flexibility index (Phi) is 5.10. The van der Waals surface area contributed by atoms with E-state index in [9.17, 15) is 8.78 Å². The molecule has 0 bridgehead atoms. The van der Waals surface area contributed by atoms with Crippen LogP contribution in [0.2, 0.25) is 10.0 Å². The molecule has 1 N–H and O–H groups in total. The van der Waals surface area contributed by atoms with E-state index in [1.807, 2.05) is 13.8 Å². The Balaban J connectivity index is 2.31. The Labute approximate surface area is 127 Å². The summed E-state index contributed by atoms with van der Waals surface area (Å²) in [5.74, 6) is -1.38. The van der Waals surface area contributed by atoms with E-state index in [1.54, 1.807) is 0 Å². The van der Waals surface area contributed by atoms with E-state index in [0.717, 1.165) is 19.5 Å². The molecule has 1 aliphatic heterocycles. The maximum absolute atomic E-state index is 13.5. The Morgan fingerprint density at radius 3 is 2.30 bits per heavy atom. The van der Waals surface area contributed by atoms with Gasteiger partial charge in [0, 0.05) is 18.5 Å². The molecule has 2 rings (SSSR count). The van der Waals surface area contributed by atoms with Gasteiger partial charge in [-0.2, -0.15) is 0 Å². The molecule has 1 unspecified atom stereocenters. The van der Waals surface area contributed by atoms with Gasteiger partial charge in [-0.3, -0.25) is 0 Å². The molecule has 0 aliphatic carbocycles. The van der Waals surface area contributed by atoms with Gasteiger partial charge in [0.1, 0.15) is 27.8 Å². The van der Waals surface area contributed by atoms with E-state index in [-0.39, 0.29) is 33.7 Å². The van der Waals surface area contributed by atoms with Crippen molar-refractivity contribution in [3.63, 3.8) is 0 Å². The van der Waals surface area contributed by atoms with Gasteiger partial charge in [-0.25, -0.2) is 8.78 Å². The molecule has 1 aromatic rings. The molecule has 0 aromatic heterocycles. The van der Waals surface area contributed by atoms with Crippen molar-refractivity contribution in [3.05, 3.63) is 27.7 Å². The van der Waals surface area contributed by atoms with Gasteiger partial charge in [0.2, 0.25) is 0 Å². The van der Waals surface area contributed by atoms with Crippen molar-refractivity contribution < 1.29 is 13.5 Å². The molecule has 112 valence electrons. The first-order valence-corrected chi connectivity index (χ1v) is 7.37. The molecule has 2 nitrogen and oxygen atoms in total. The molecule has 1 heterocycles. The predicted octanol–water partition coefficient (Wildman–Crippen LogP) is 4.28. The maximum atomic E-state index is 13.5. The fraction of sp³-hybridized carbons (Fsp3) is 0.571. The van der Waals surface area contributed by atoms with E-state index >= 15 is 0 Å². The van der Waals surface area contributed by atoms with Crippen molar-refractivity contribution in [2.45, 2.75) is 26.4 Å². The number of benzene rings is 1. The van der Waals surface area contributed by atoms with Crippen LogP contribution in [0.4, 0.5) is 8.78 Å². The third-order valence-corrected chi connectivity index (χ3v) is 4.25. The maximum Gasteiger partial charge on any atom is 0.162 e. The number of rotatable bonds is 4. The molecule has 0 spiro atoms. The molecule has 1 saturated heterocycles. The molecule has 20 heavy (non-hydrogen) atoms. The molecular weight excluding hydrogens is 307 g/mol. The van der Waals surface area contributed by atoms with Crippen molar-refractivity contribution in [3.8, 4) is 5.75 Å². The molecule has 6 heteroatoms. The second-order valence-electron chi connectivity index (χ2n) is 5.38. The Morgan fingerprint density at radius 2 is 1.85 bits per heavy atom. The summed E-state index contributed by atoms with van der Waals surface area (Å²) >= 11 is 11.7. The summed E-state index contributed by atoms with van der Waals surface area (Å²) in [7, 11) is 0. The van der Waals surface area contributed by atoms with Crippen LogP contribution in [0.5, 0.6) is 5.75 Å². The van der Waals surface area contributed by atoms with Gasteiger partial charge < -0.3 is 10.1 Å². The van der Waals surface area contributed by atoms with Gasteiger partial charge in [-0.1, -0.05) is 37.0 Å². The lowest BCUT2D eigenvalue weighted by molar-refractivity contribution is 0.0968. The zero-order valence-corrected chi connectivity index (χ0v) is 12.9. The largest absolute Gasteiger partial charge is 0.486 e. The van der Waals surface area contributed by atoms with Crippen molar-refractivity contribution in [2.24, 2.45) is 11.8 Å². The standard InChI is InChI=1S/C14H17Cl2F2NO/c1-7(2)13(8-3-4-19-6-8)20-14-11(15)9(17)5-10(18)12(14)16/h5,7-8,13,19H,3-4,6H2,1-2H3/t8?,13-/m0/s1. The molecule has 0 radical (unpaired) electrons. The summed E-state index contributed by atoms with van der Waals surface area (Å²) in [4.78, 5) is 0. The molecule has 1 aromatic carbocycles. The van der Waals surface area contributed by atoms with Gasteiger partial charge in [0.25, 0.3) is 0 Å². The average molecular weight is 324 g/mol. The predicted molar refractivity (Wildman–Crippen MR) is 76.6 cm³/mol. The molecule has 2 atom stereocenters. The first-order valence-electron chi connectivity index (χ1n) is 6.62. The first kappa shape index (κ1) is 15.8. The van der Waals surface area contributed by atoms with Crippen molar-refractivity contribution in [1.29, 1.82) is 0 Å². The van der Waals surface area contributed by atoms with Crippen molar-refractivity contribution in [1.82, 2.24) is 5.32 Å². The Morgan fingerprint density at radius 1 is 1.25 bits per heavy atom. The fourth-order valence-electron chi connectivity index (χ4n) is 2.52. The van der Waals surface area contributed by atoms with Crippen LogP contribution in [0, 0.1) is 23.5 Å². The topological polar surface area (TPSA) is 21.3 Å². The van der Waals surface area contributed by atoms with Gasteiger partial charge in [-0.05, 0) is 18.9 Å². The highest BCUT2D eigenvalue weighted by Gasteiger charge is 2.31. The summed E-state index contributed by atoms with van der Waals surface area (Å²) in [6.07, 6.45) is 0.761. The average Bonchev–Trinajstić information content (AvgIpc) is 2.90. The van der Waals surface area contributed by atoms with E-state index in [1.165, 1.54) is 0 Å². The number of hydrogen-bond acceptors (Lipinski definition) is 2. The number of ether oxygens (including phenoxy) is 1. The highest BCUT2D eigenvalue weighted by molar-refractivity contribution is 6.37. The molecular formula is C14H17Cl2F2NO. The minimum atomic E-state index is -0.865. The van der Waals surface area contributed by atoms with Crippen molar-refractivity contribution in [2.75, 3.05) is 13.1 Å². The van der Waals surface area contributed by atoms with Crippen LogP contribution in [0.3, 0.4) is 0 Å². The smallest absolute Gasteiger partial charge is 0.162 e. The summed E-state index contributed by atoms with van der Waals surface area (Å²) < 4.78 is 32.9. The van der Waals surface area contributed by atoms with Crippen LogP contribution in [0.15, 0.2) is 6.07 Å². The summed E-state index contributed by atoms with van der Waals surface area (Å²) in [6, 6.07) is 0.666. The number of hydrogen-bond donors (Lipinski definition) is 1. The third kappa shape index (κ3) is 3.18. The number of nitrogens with one attached hydrogen (secondary N) is 1. The second-order valence-corrected chi connectivity index (χ2v) is 6.13. The van der Waals surface area contributed by atoms with Crippen LogP contribution in [-0.4, -0.2) is 19.2 Å².